The smallest absolute Gasteiger partial charge is 0.253 e. The highest BCUT2D eigenvalue weighted by molar-refractivity contribution is 7.73. The first-order valence-electron chi connectivity index (χ1n) is 10.9. The van der Waals surface area contributed by atoms with Gasteiger partial charge < -0.3 is 14.8 Å². The maximum atomic E-state index is 12.6. The Morgan fingerprint density at radius 1 is 1.00 bits per heavy atom. The van der Waals surface area contributed by atoms with E-state index in [1.807, 2.05) is 58.2 Å². The van der Waals surface area contributed by atoms with Crippen LogP contribution in [0.5, 0.6) is 0 Å². The molecule has 4 rings (SSSR count). The van der Waals surface area contributed by atoms with Crippen molar-refractivity contribution in [3.05, 3.63) is 74.6 Å². The summed E-state index contributed by atoms with van der Waals surface area (Å²) < 4.78 is 2.55. The number of carbonyl (C=O) groups excluding carboxylic acids is 2. The fourth-order valence-electron chi connectivity index (χ4n) is 3.87. The van der Waals surface area contributed by atoms with Crippen molar-refractivity contribution in [2.45, 2.75) is 39.3 Å². The molecule has 0 atom stereocenters. The van der Waals surface area contributed by atoms with Crippen molar-refractivity contribution in [3.63, 3.8) is 0 Å². The Labute approximate surface area is 197 Å². The van der Waals surface area contributed by atoms with Gasteiger partial charge in [-0.15, -0.1) is 11.3 Å². The summed E-state index contributed by atoms with van der Waals surface area (Å²) in [4.78, 5) is 27.1. The van der Waals surface area contributed by atoms with Gasteiger partial charge in [-0.05, 0) is 61.7 Å². The van der Waals surface area contributed by atoms with Crippen LogP contribution in [-0.2, 0) is 17.9 Å². The van der Waals surface area contributed by atoms with Crippen molar-refractivity contribution >= 4 is 35.4 Å². The average Bonchev–Trinajstić information content (AvgIpc) is 3.18. The lowest BCUT2D eigenvalue weighted by molar-refractivity contribution is -0.121. The SMILES string of the molecule is Cc1ccc(-c2csc(=S)n2CC(=O)NCc2ccc(C(=O)N3CCCCC3)cc2)cc1. The van der Waals surface area contributed by atoms with E-state index in [1.165, 1.54) is 23.3 Å². The number of benzene rings is 2. The zero-order chi connectivity index (χ0) is 22.5. The molecule has 1 aliphatic heterocycles. The van der Waals surface area contributed by atoms with Crippen LogP contribution in [0, 0.1) is 10.9 Å². The van der Waals surface area contributed by atoms with Gasteiger partial charge in [0.25, 0.3) is 5.91 Å². The molecule has 166 valence electrons. The molecule has 0 bridgehead atoms. The minimum absolute atomic E-state index is 0.0933. The molecule has 1 aliphatic rings. The van der Waals surface area contributed by atoms with E-state index in [1.54, 1.807) is 0 Å². The van der Waals surface area contributed by atoms with Gasteiger partial charge in [-0.2, -0.15) is 0 Å². The number of aromatic nitrogens is 1. The first-order valence-corrected chi connectivity index (χ1v) is 12.2. The lowest BCUT2D eigenvalue weighted by atomic mass is 10.1. The van der Waals surface area contributed by atoms with Crippen LogP contribution in [-0.4, -0.2) is 34.4 Å². The second kappa shape index (κ2) is 10.2. The van der Waals surface area contributed by atoms with Gasteiger partial charge in [0.15, 0.2) is 3.95 Å². The standard InChI is InChI=1S/C25H27N3O2S2/c1-18-5-9-20(10-6-18)22-17-32-25(31)28(22)16-23(29)26-15-19-7-11-21(12-8-19)24(30)27-13-3-2-4-14-27/h5-12,17H,2-4,13-16H2,1H3,(H,26,29). The number of nitrogens with one attached hydrogen (secondary N) is 1. The molecule has 1 fully saturated rings. The van der Waals surface area contributed by atoms with Gasteiger partial charge in [-0.3, -0.25) is 9.59 Å². The molecule has 2 amide bonds. The van der Waals surface area contributed by atoms with Crippen LogP contribution in [0.2, 0.25) is 0 Å². The topological polar surface area (TPSA) is 54.3 Å². The molecule has 0 saturated carbocycles. The van der Waals surface area contributed by atoms with Crippen LogP contribution in [0.4, 0.5) is 0 Å². The molecule has 2 aromatic carbocycles. The van der Waals surface area contributed by atoms with E-state index in [0.717, 1.165) is 42.8 Å². The predicted octanol–water partition coefficient (Wildman–Crippen LogP) is 5.20. The molecule has 0 spiro atoms. The number of nitrogens with zero attached hydrogens (tertiary/aromatic N) is 2. The van der Waals surface area contributed by atoms with Crippen LogP contribution in [0.3, 0.4) is 0 Å². The third-order valence-corrected chi connectivity index (χ3v) is 7.04. The van der Waals surface area contributed by atoms with Crippen LogP contribution < -0.4 is 5.32 Å². The Morgan fingerprint density at radius 3 is 2.38 bits per heavy atom. The molecule has 0 aliphatic carbocycles. The molecule has 3 aromatic rings. The minimum Gasteiger partial charge on any atom is -0.350 e. The molecular formula is C25H27N3O2S2. The van der Waals surface area contributed by atoms with E-state index in [-0.39, 0.29) is 18.4 Å². The van der Waals surface area contributed by atoms with E-state index in [9.17, 15) is 9.59 Å². The van der Waals surface area contributed by atoms with Crippen LogP contribution >= 0.6 is 23.6 Å². The number of piperidine rings is 1. The van der Waals surface area contributed by atoms with Crippen molar-refractivity contribution in [3.8, 4) is 11.3 Å². The second-order valence-corrected chi connectivity index (χ2v) is 9.67. The third kappa shape index (κ3) is 5.34. The van der Waals surface area contributed by atoms with Gasteiger partial charge in [0.05, 0.1) is 5.69 Å². The first kappa shape index (κ1) is 22.4. The third-order valence-electron chi connectivity index (χ3n) is 5.77. The number of aryl methyl sites for hydroxylation is 1. The quantitative estimate of drug-likeness (QED) is 0.509. The Morgan fingerprint density at radius 2 is 1.69 bits per heavy atom. The minimum atomic E-state index is -0.0960. The van der Waals surface area contributed by atoms with Crippen molar-refractivity contribution < 1.29 is 9.59 Å². The van der Waals surface area contributed by atoms with Crippen molar-refractivity contribution in [1.29, 1.82) is 0 Å². The van der Waals surface area contributed by atoms with Gasteiger partial charge in [-0.1, -0.05) is 42.0 Å². The maximum Gasteiger partial charge on any atom is 0.253 e. The number of carbonyl (C=O) groups is 2. The maximum absolute atomic E-state index is 12.6. The highest BCUT2D eigenvalue weighted by Gasteiger charge is 2.18. The molecule has 32 heavy (non-hydrogen) atoms. The largest absolute Gasteiger partial charge is 0.350 e. The van der Waals surface area contributed by atoms with Gasteiger partial charge in [0.1, 0.15) is 6.54 Å². The molecular weight excluding hydrogens is 438 g/mol. The van der Waals surface area contributed by atoms with Crippen LogP contribution in [0.15, 0.2) is 53.9 Å². The molecule has 1 aromatic heterocycles. The summed E-state index contributed by atoms with van der Waals surface area (Å²) in [6.45, 7) is 4.32. The zero-order valence-corrected chi connectivity index (χ0v) is 19.8. The summed E-state index contributed by atoms with van der Waals surface area (Å²) in [6, 6.07) is 15.7. The molecule has 1 N–H and O–H groups in total. The van der Waals surface area contributed by atoms with Crippen molar-refractivity contribution in [1.82, 2.24) is 14.8 Å². The van der Waals surface area contributed by atoms with Crippen LogP contribution in [0.25, 0.3) is 11.3 Å². The number of thiazole rings is 1. The Kier molecular flexibility index (Phi) is 7.17. The summed E-state index contributed by atoms with van der Waals surface area (Å²) in [6.07, 6.45) is 3.36. The summed E-state index contributed by atoms with van der Waals surface area (Å²) in [5.41, 5.74) is 4.85. The van der Waals surface area contributed by atoms with Crippen molar-refractivity contribution in [2.24, 2.45) is 0 Å². The average molecular weight is 466 g/mol. The van der Waals surface area contributed by atoms with Gasteiger partial charge in [-0.25, -0.2) is 0 Å². The predicted molar refractivity (Wildman–Crippen MR) is 131 cm³/mol. The van der Waals surface area contributed by atoms with Crippen LogP contribution in [0.1, 0.15) is 40.7 Å². The number of amides is 2. The highest BCUT2D eigenvalue weighted by Crippen LogP contribution is 2.24. The van der Waals surface area contributed by atoms with Crippen molar-refractivity contribution in [2.75, 3.05) is 13.1 Å². The van der Waals surface area contributed by atoms with E-state index < -0.39 is 0 Å². The lowest BCUT2D eigenvalue weighted by Gasteiger charge is -2.26. The Balaban J connectivity index is 1.35. The molecule has 2 heterocycles. The van der Waals surface area contributed by atoms with E-state index in [2.05, 4.69) is 17.4 Å². The fraction of sp³-hybridized carbons (Fsp3) is 0.320. The molecule has 5 nitrogen and oxygen atoms in total. The lowest BCUT2D eigenvalue weighted by Crippen LogP contribution is -2.35. The molecule has 7 heteroatoms. The van der Waals surface area contributed by atoms with E-state index in [4.69, 9.17) is 12.2 Å². The number of rotatable bonds is 6. The fourth-order valence-corrected chi connectivity index (χ4v) is 4.95. The summed E-state index contributed by atoms with van der Waals surface area (Å²) in [5.74, 6) is -0.00270. The van der Waals surface area contributed by atoms with Gasteiger partial charge in [0, 0.05) is 30.6 Å². The monoisotopic (exact) mass is 465 g/mol. The Hall–Kier alpha value is -2.77. The molecule has 0 radical (unpaired) electrons. The summed E-state index contributed by atoms with van der Waals surface area (Å²) in [7, 11) is 0. The number of likely N-dealkylation sites (tertiary alicyclic amines) is 1. The summed E-state index contributed by atoms with van der Waals surface area (Å²) >= 11 is 6.92. The second-order valence-electron chi connectivity index (χ2n) is 8.17. The van der Waals surface area contributed by atoms with Gasteiger partial charge in [0.2, 0.25) is 5.91 Å². The van der Waals surface area contributed by atoms with Gasteiger partial charge >= 0.3 is 0 Å². The molecule has 1 saturated heterocycles. The van der Waals surface area contributed by atoms with E-state index >= 15 is 0 Å². The first-order chi connectivity index (χ1) is 15.5. The number of hydrogen-bond acceptors (Lipinski definition) is 4. The zero-order valence-electron chi connectivity index (χ0n) is 18.2. The highest BCUT2D eigenvalue weighted by atomic mass is 32.1. The number of hydrogen-bond donors (Lipinski definition) is 1. The van der Waals surface area contributed by atoms with E-state index in [0.29, 0.717) is 16.1 Å². The normalized spacial score (nSPS) is 13.7. The Bertz CT molecular complexity index is 1140. The summed E-state index contributed by atoms with van der Waals surface area (Å²) in [5, 5.41) is 4.97. The molecule has 0 unspecified atom stereocenters.